The van der Waals surface area contributed by atoms with Crippen molar-refractivity contribution in [3.63, 3.8) is 0 Å². The topological polar surface area (TPSA) is 64.7 Å². The van der Waals surface area contributed by atoms with Gasteiger partial charge < -0.3 is 5.32 Å². The van der Waals surface area contributed by atoms with Gasteiger partial charge in [0.2, 0.25) is 0 Å². The minimum absolute atomic E-state index is 0.118. The highest BCUT2D eigenvalue weighted by Gasteiger charge is 2.08. The first-order valence-electron chi connectivity index (χ1n) is 5.01. The maximum atomic E-state index is 11.7. The number of aryl methyl sites for hydroxylation is 1. The van der Waals surface area contributed by atoms with E-state index in [1.807, 2.05) is 12.3 Å². The molecule has 0 radical (unpaired) electrons. The molecule has 2 aromatic heterocycles. The van der Waals surface area contributed by atoms with E-state index in [1.165, 1.54) is 0 Å². The normalized spacial score (nSPS) is 10.3. The van der Waals surface area contributed by atoms with E-state index in [9.17, 15) is 4.79 Å². The maximum Gasteiger partial charge on any atom is 0.269 e. The average Bonchev–Trinajstić information content (AvgIpc) is 2.88. The lowest BCUT2D eigenvalue weighted by Gasteiger charge is -2.05. The molecule has 1 amide bonds. The van der Waals surface area contributed by atoms with Crippen LogP contribution < -0.4 is 5.32 Å². The Balaban J connectivity index is 1.83. The zero-order valence-corrected chi connectivity index (χ0v) is 9.00. The second-order valence-electron chi connectivity index (χ2n) is 3.37. The number of nitrogens with one attached hydrogen (secondary N) is 1. The van der Waals surface area contributed by atoms with Crippen LogP contribution in [0.4, 0.5) is 0 Å². The highest BCUT2D eigenvalue weighted by Crippen LogP contribution is 1.95. The molecule has 1 N–H and O–H groups in total. The van der Waals surface area contributed by atoms with Gasteiger partial charge in [0.1, 0.15) is 5.69 Å². The van der Waals surface area contributed by atoms with Gasteiger partial charge in [0.05, 0.1) is 6.54 Å². The van der Waals surface area contributed by atoms with Gasteiger partial charge in [0.25, 0.3) is 5.91 Å². The molecular weight excluding hydrogens is 206 g/mol. The Labute approximate surface area is 92.9 Å². The molecule has 0 aliphatic rings. The summed E-state index contributed by atoms with van der Waals surface area (Å²) < 4.78 is 3.31. The Morgan fingerprint density at radius 3 is 2.94 bits per heavy atom. The molecule has 0 atom stereocenters. The van der Waals surface area contributed by atoms with Crippen molar-refractivity contribution in [2.75, 3.05) is 6.54 Å². The van der Waals surface area contributed by atoms with Crippen LogP contribution in [0, 0.1) is 0 Å². The molecule has 0 fully saturated rings. The molecule has 2 rings (SSSR count). The van der Waals surface area contributed by atoms with E-state index < -0.39 is 0 Å². The molecule has 0 unspecified atom stereocenters. The van der Waals surface area contributed by atoms with Gasteiger partial charge >= 0.3 is 0 Å². The maximum absolute atomic E-state index is 11.7. The standard InChI is InChI=1S/C10H13N5O/c1-14-9(3-5-12-14)10(16)11-6-8-15-7-2-4-13-15/h2-5,7H,6,8H2,1H3,(H,11,16). The number of nitrogens with zero attached hydrogens (tertiary/aromatic N) is 4. The lowest BCUT2D eigenvalue weighted by Crippen LogP contribution is -2.28. The molecule has 0 aliphatic carbocycles. The molecule has 6 nitrogen and oxygen atoms in total. The summed E-state index contributed by atoms with van der Waals surface area (Å²) in [5.41, 5.74) is 0.556. The summed E-state index contributed by atoms with van der Waals surface area (Å²) in [7, 11) is 1.74. The van der Waals surface area contributed by atoms with Crippen molar-refractivity contribution in [1.29, 1.82) is 0 Å². The van der Waals surface area contributed by atoms with Crippen LogP contribution in [0.3, 0.4) is 0 Å². The molecular formula is C10H13N5O. The Morgan fingerprint density at radius 2 is 2.31 bits per heavy atom. The van der Waals surface area contributed by atoms with Crippen molar-refractivity contribution in [2.45, 2.75) is 6.54 Å². The quantitative estimate of drug-likeness (QED) is 0.790. The average molecular weight is 219 g/mol. The third kappa shape index (κ3) is 2.28. The van der Waals surface area contributed by atoms with Crippen LogP contribution in [-0.4, -0.2) is 32.0 Å². The van der Waals surface area contributed by atoms with Gasteiger partial charge in [-0.3, -0.25) is 14.2 Å². The third-order valence-electron chi connectivity index (χ3n) is 2.24. The van der Waals surface area contributed by atoms with Gasteiger partial charge in [0.15, 0.2) is 0 Å². The van der Waals surface area contributed by atoms with Crippen molar-refractivity contribution in [3.05, 3.63) is 36.4 Å². The van der Waals surface area contributed by atoms with Gasteiger partial charge in [-0.05, 0) is 12.1 Å². The molecule has 0 saturated heterocycles. The Hall–Kier alpha value is -2.11. The third-order valence-corrected chi connectivity index (χ3v) is 2.24. The van der Waals surface area contributed by atoms with E-state index in [1.54, 1.807) is 34.9 Å². The van der Waals surface area contributed by atoms with Gasteiger partial charge in [0, 0.05) is 32.2 Å². The number of amides is 1. The van der Waals surface area contributed by atoms with Crippen LogP contribution in [-0.2, 0) is 13.6 Å². The second-order valence-corrected chi connectivity index (χ2v) is 3.37. The summed E-state index contributed by atoms with van der Waals surface area (Å²) in [6.07, 6.45) is 5.17. The summed E-state index contributed by atoms with van der Waals surface area (Å²) in [5, 5.41) is 10.8. The first-order valence-corrected chi connectivity index (χ1v) is 5.01. The van der Waals surface area contributed by atoms with Gasteiger partial charge in [-0.1, -0.05) is 0 Å². The predicted octanol–water partition coefficient (Wildman–Crippen LogP) is 0.0466. The van der Waals surface area contributed by atoms with E-state index >= 15 is 0 Å². The Kier molecular flexibility index (Phi) is 3.00. The predicted molar refractivity (Wildman–Crippen MR) is 57.8 cm³/mol. The summed E-state index contributed by atoms with van der Waals surface area (Å²) in [5.74, 6) is -0.118. The monoisotopic (exact) mass is 219 g/mol. The van der Waals surface area contributed by atoms with E-state index in [-0.39, 0.29) is 5.91 Å². The second kappa shape index (κ2) is 4.61. The van der Waals surface area contributed by atoms with Crippen molar-refractivity contribution in [3.8, 4) is 0 Å². The lowest BCUT2D eigenvalue weighted by atomic mass is 10.4. The van der Waals surface area contributed by atoms with Crippen molar-refractivity contribution in [2.24, 2.45) is 7.05 Å². The lowest BCUT2D eigenvalue weighted by molar-refractivity contribution is 0.0942. The molecule has 0 saturated carbocycles. The van der Waals surface area contributed by atoms with Crippen LogP contribution in [0.2, 0.25) is 0 Å². The van der Waals surface area contributed by atoms with Crippen LogP contribution in [0.1, 0.15) is 10.5 Å². The number of hydrogen-bond acceptors (Lipinski definition) is 3. The van der Waals surface area contributed by atoms with Crippen LogP contribution in [0.15, 0.2) is 30.7 Å². The minimum Gasteiger partial charge on any atom is -0.349 e. The molecule has 0 aliphatic heterocycles. The first-order chi connectivity index (χ1) is 7.77. The number of hydrogen-bond donors (Lipinski definition) is 1. The van der Waals surface area contributed by atoms with Gasteiger partial charge in [-0.25, -0.2) is 0 Å². The van der Waals surface area contributed by atoms with E-state index in [0.717, 1.165) is 0 Å². The highest BCUT2D eigenvalue weighted by atomic mass is 16.2. The fraction of sp³-hybridized carbons (Fsp3) is 0.300. The Morgan fingerprint density at radius 1 is 1.44 bits per heavy atom. The number of aromatic nitrogens is 4. The molecule has 2 aromatic rings. The molecule has 0 spiro atoms. The van der Waals surface area contributed by atoms with Gasteiger partial charge in [-0.2, -0.15) is 10.2 Å². The fourth-order valence-corrected chi connectivity index (χ4v) is 1.40. The SMILES string of the molecule is Cn1nccc1C(=O)NCCn1cccn1. The summed E-state index contributed by atoms with van der Waals surface area (Å²) >= 11 is 0. The van der Waals surface area contributed by atoms with Gasteiger partial charge in [-0.15, -0.1) is 0 Å². The molecule has 0 aromatic carbocycles. The van der Waals surface area contributed by atoms with Crippen molar-refractivity contribution in [1.82, 2.24) is 24.9 Å². The first kappa shape index (κ1) is 10.4. The molecule has 84 valence electrons. The van der Waals surface area contributed by atoms with Crippen LogP contribution >= 0.6 is 0 Å². The molecule has 16 heavy (non-hydrogen) atoms. The highest BCUT2D eigenvalue weighted by molar-refractivity contribution is 5.92. The van der Waals surface area contributed by atoms with Crippen LogP contribution in [0.25, 0.3) is 0 Å². The van der Waals surface area contributed by atoms with E-state index in [2.05, 4.69) is 15.5 Å². The van der Waals surface area contributed by atoms with Crippen molar-refractivity contribution < 1.29 is 4.79 Å². The largest absolute Gasteiger partial charge is 0.349 e. The fourth-order valence-electron chi connectivity index (χ4n) is 1.40. The molecule has 0 bridgehead atoms. The van der Waals surface area contributed by atoms with E-state index in [0.29, 0.717) is 18.8 Å². The zero-order chi connectivity index (χ0) is 11.4. The minimum atomic E-state index is -0.118. The smallest absolute Gasteiger partial charge is 0.269 e. The zero-order valence-electron chi connectivity index (χ0n) is 9.00. The van der Waals surface area contributed by atoms with Crippen molar-refractivity contribution >= 4 is 5.91 Å². The van der Waals surface area contributed by atoms with Crippen LogP contribution in [0.5, 0.6) is 0 Å². The van der Waals surface area contributed by atoms with E-state index in [4.69, 9.17) is 0 Å². The number of carbonyl (C=O) groups excluding carboxylic acids is 1. The summed E-state index contributed by atoms with van der Waals surface area (Å²) in [6, 6.07) is 3.53. The summed E-state index contributed by atoms with van der Waals surface area (Å²) in [6.45, 7) is 1.21. The number of carbonyl (C=O) groups is 1. The molecule has 6 heteroatoms. The molecule has 2 heterocycles. The number of rotatable bonds is 4. The Bertz CT molecular complexity index is 459. The summed E-state index contributed by atoms with van der Waals surface area (Å²) in [4.78, 5) is 11.7.